The Balaban J connectivity index is 0.00000225. The van der Waals surface area contributed by atoms with Crippen LogP contribution in [0.25, 0.3) is 11.3 Å². The Labute approximate surface area is 175 Å². The number of likely N-dealkylation sites (tertiary alicyclic amines) is 1. The van der Waals surface area contributed by atoms with Crippen molar-refractivity contribution in [1.29, 1.82) is 0 Å². The molecule has 9 heteroatoms. The molecule has 1 aromatic heterocycles. The van der Waals surface area contributed by atoms with Gasteiger partial charge in [0, 0.05) is 63.0 Å². The van der Waals surface area contributed by atoms with E-state index in [2.05, 4.69) is 15.1 Å². The summed E-state index contributed by atoms with van der Waals surface area (Å²) in [7, 11) is 0. The van der Waals surface area contributed by atoms with Gasteiger partial charge in [-0.1, -0.05) is 11.6 Å². The van der Waals surface area contributed by atoms with E-state index in [0.29, 0.717) is 22.4 Å². The molecular formula is C19H24Cl2N4O3. The summed E-state index contributed by atoms with van der Waals surface area (Å²) in [5.74, 6) is 1.53. The molecule has 3 heterocycles. The van der Waals surface area contributed by atoms with Crippen LogP contribution in [0.5, 0.6) is 0 Å². The Kier molecular flexibility index (Phi) is 6.95. The molecule has 2 aliphatic heterocycles. The van der Waals surface area contributed by atoms with Crippen LogP contribution >= 0.6 is 24.0 Å². The second-order valence-corrected chi connectivity index (χ2v) is 7.56. The van der Waals surface area contributed by atoms with Crippen LogP contribution in [0.3, 0.4) is 0 Å². The molecule has 28 heavy (non-hydrogen) atoms. The Morgan fingerprint density at radius 1 is 1.21 bits per heavy atom. The van der Waals surface area contributed by atoms with Crippen molar-refractivity contribution in [2.45, 2.75) is 19.0 Å². The van der Waals surface area contributed by atoms with Crippen LogP contribution in [0.15, 0.2) is 34.7 Å². The van der Waals surface area contributed by atoms with Crippen LogP contribution in [0, 0.1) is 10.1 Å². The van der Waals surface area contributed by atoms with E-state index >= 15 is 0 Å². The molecule has 0 amide bonds. The lowest BCUT2D eigenvalue weighted by molar-refractivity contribution is -0.384. The average molecular weight is 427 g/mol. The quantitative estimate of drug-likeness (QED) is 0.583. The normalized spacial score (nSPS) is 20.8. The van der Waals surface area contributed by atoms with Gasteiger partial charge >= 0.3 is 0 Å². The van der Waals surface area contributed by atoms with Gasteiger partial charge in [-0.3, -0.25) is 19.9 Å². The van der Waals surface area contributed by atoms with Crippen molar-refractivity contribution < 1.29 is 9.34 Å². The largest absolute Gasteiger partial charge is 0.460 e. The van der Waals surface area contributed by atoms with E-state index in [9.17, 15) is 10.1 Å². The molecule has 0 aliphatic carbocycles. The number of non-ortho nitro benzene ring substituents is 1. The minimum absolute atomic E-state index is 0. The summed E-state index contributed by atoms with van der Waals surface area (Å²) in [5.41, 5.74) is 0.653. The van der Waals surface area contributed by atoms with E-state index in [1.165, 1.54) is 18.6 Å². The van der Waals surface area contributed by atoms with Crippen molar-refractivity contribution in [1.82, 2.24) is 15.1 Å². The Morgan fingerprint density at radius 3 is 2.71 bits per heavy atom. The maximum Gasteiger partial charge on any atom is 0.270 e. The monoisotopic (exact) mass is 426 g/mol. The fourth-order valence-electron chi connectivity index (χ4n) is 3.95. The molecule has 1 aromatic carbocycles. The number of nitrogens with zero attached hydrogens (tertiary/aromatic N) is 3. The number of rotatable bonds is 5. The Morgan fingerprint density at radius 2 is 2.00 bits per heavy atom. The van der Waals surface area contributed by atoms with Gasteiger partial charge in [0.05, 0.1) is 16.5 Å². The highest BCUT2D eigenvalue weighted by Gasteiger charge is 2.28. The fourth-order valence-corrected chi connectivity index (χ4v) is 4.21. The molecule has 152 valence electrons. The number of hydrogen-bond donors (Lipinski definition) is 1. The third-order valence-corrected chi connectivity index (χ3v) is 5.70. The number of nitrogens with one attached hydrogen (secondary N) is 1. The van der Waals surface area contributed by atoms with Gasteiger partial charge in [0.2, 0.25) is 0 Å². The number of hydrogen-bond acceptors (Lipinski definition) is 6. The highest BCUT2D eigenvalue weighted by Crippen LogP contribution is 2.32. The maximum atomic E-state index is 10.9. The lowest BCUT2D eigenvalue weighted by Crippen LogP contribution is -2.49. The molecule has 7 nitrogen and oxygen atoms in total. The smallest absolute Gasteiger partial charge is 0.270 e. The van der Waals surface area contributed by atoms with Crippen molar-refractivity contribution in [2.75, 3.05) is 39.3 Å². The third kappa shape index (κ3) is 4.67. The number of halogens is 2. The number of furan rings is 1. The van der Waals surface area contributed by atoms with Gasteiger partial charge in [-0.05, 0) is 24.6 Å². The molecule has 1 atom stereocenters. The van der Waals surface area contributed by atoms with Crippen LogP contribution in [0.1, 0.15) is 12.2 Å². The number of nitro benzene ring substituents is 1. The summed E-state index contributed by atoms with van der Waals surface area (Å²) < 4.78 is 5.97. The molecule has 2 aliphatic rings. The second-order valence-electron chi connectivity index (χ2n) is 7.15. The second kappa shape index (κ2) is 9.24. The Hall–Kier alpha value is -1.64. The molecular weight excluding hydrogens is 403 g/mol. The maximum absolute atomic E-state index is 10.9. The molecule has 1 N–H and O–H groups in total. The van der Waals surface area contributed by atoms with Crippen molar-refractivity contribution in [3.8, 4) is 11.3 Å². The average Bonchev–Trinajstić information content (AvgIpc) is 3.32. The first-order chi connectivity index (χ1) is 13.1. The van der Waals surface area contributed by atoms with Gasteiger partial charge in [-0.2, -0.15) is 0 Å². The van der Waals surface area contributed by atoms with Crippen molar-refractivity contribution in [2.24, 2.45) is 0 Å². The molecule has 2 aromatic rings. The van der Waals surface area contributed by atoms with E-state index in [1.54, 1.807) is 6.07 Å². The molecule has 2 saturated heterocycles. The lowest BCUT2D eigenvalue weighted by atomic mass is 10.1. The van der Waals surface area contributed by atoms with Gasteiger partial charge in [0.1, 0.15) is 11.5 Å². The standard InChI is InChI=1S/C19H23ClN4O3.ClH/c20-18-11-14(24(25)26)1-3-17(18)19-4-2-16(27-19)13-22-8-5-15(12-22)23-9-6-21-7-10-23;/h1-4,11,15,21H,5-10,12-13H2;1H. The van der Waals surface area contributed by atoms with Crippen molar-refractivity contribution in [3.63, 3.8) is 0 Å². The number of benzene rings is 1. The lowest BCUT2D eigenvalue weighted by Gasteiger charge is -2.32. The summed E-state index contributed by atoms with van der Waals surface area (Å²) in [6, 6.07) is 8.92. The predicted molar refractivity (Wildman–Crippen MR) is 111 cm³/mol. The summed E-state index contributed by atoms with van der Waals surface area (Å²) in [6.45, 7) is 7.32. The summed E-state index contributed by atoms with van der Waals surface area (Å²) in [5, 5.41) is 14.6. The molecule has 0 spiro atoms. The van der Waals surface area contributed by atoms with Crippen LogP contribution in [-0.4, -0.2) is 60.0 Å². The van der Waals surface area contributed by atoms with Crippen LogP contribution in [0.4, 0.5) is 5.69 Å². The van der Waals surface area contributed by atoms with Gasteiger partial charge in [-0.15, -0.1) is 12.4 Å². The number of piperazine rings is 1. The fraction of sp³-hybridized carbons (Fsp3) is 0.474. The zero-order chi connectivity index (χ0) is 18.8. The van der Waals surface area contributed by atoms with E-state index < -0.39 is 4.92 Å². The summed E-state index contributed by atoms with van der Waals surface area (Å²) in [4.78, 5) is 15.4. The first-order valence-electron chi connectivity index (χ1n) is 9.30. The third-order valence-electron chi connectivity index (χ3n) is 5.39. The van der Waals surface area contributed by atoms with E-state index in [4.69, 9.17) is 16.0 Å². The molecule has 0 radical (unpaired) electrons. The molecule has 1 unspecified atom stereocenters. The number of nitro groups is 1. The highest BCUT2D eigenvalue weighted by molar-refractivity contribution is 6.33. The Bertz CT molecular complexity index is 823. The minimum atomic E-state index is -0.453. The van der Waals surface area contributed by atoms with Gasteiger partial charge in [0.15, 0.2) is 0 Å². The molecule has 4 rings (SSSR count). The zero-order valence-electron chi connectivity index (χ0n) is 15.5. The minimum Gasteiger partial charge on any atom is -0.460 e. The molecule has 0 saturated carbocycles. The SMILES string of the molecule is Cl.O=[N+]([O-])c1ccc(-c2ccc(CN3CCC(N4CCNCC4)C3)o2)c(Cl)c1. The first-order valence-corrected chi connectivity index (χ1v) is 9.68. The molecule has 2 fully saturated rings. The first kappa shape index (κ1) is 21.1. The van der Waals surface area contributed by atoms with Gasteiger partial charge in [0.25, 0.3) is 5.69 Å². The molecule has 0 bridgehead atoms. The van der Waals surface area contributed by atoms with Crippen LogP contribution < -0.4 is 5.32 Å². The van der Waals surface area contributed by atoms with Gasteiger partial charge in [-0.25, -0.2) is 0 Å². The summed E-state index contributed by atoms with van der Waals surface area (Å²) >= 11 is 6.21. The highest BCUT2D eigenvalue weighted by atomic mass is 35.5. The van der Waals surface area contributed by atoms with Crippen molar-refractivity contribution >= 4 is 29.7 Å². The summed E-state index contributed by atoms with van der Waals surface area (Å²) in [6.07, 6.45) is 1.20. The van der Waals surface area contributed by atoms with Gasteiger partial charge < -0.3 is 9.73 Å². The predicted octanol–water partition coefficient (Wildman–Crippen LogP) is 3.41. The topological polar surface area (TPSA) is 74.8 Å². The van der Waals surface area contributed by atoms with E-state index in [-0.39, 0.29) is 18.1 Å². The van der Waals surface area contributed by atoms with E-state index in [0.717, 1.165) is 51.6 Å². The van der Waals surface area contributed by atoms with E-state index in [1.807, 2.05) is 12.1 Å². The van der Waals surface area contributed by atoms with Crippen LogP contribution in [0.2, 0.25) is 5.02 Å². The van der Waals surface area contributed by atoms with Crippen LogP contribution in [-0.2, 0) is 6.54 Å². The zero-order valence-corrected chi connectivity index (χ0v) is 17.0. The van der Waals surface area contributed by atoms with Crippen molar-refractivity contribution in [3.05, 3.63) is 51.2 Å².